The van der Waals surface area contributed by atoms with Gasteiger partial charge in [-0.1, -0.05) is 0 Å². The molecule has 1 aliphatic heterocycles. The van der Waals surface area contributed by atoms with Crippen molar-refractivity contribution in [1.82, 2.24) is 4.31 Å². The zero-order valence-corrected chi connectivity index (χ0v) is 18.6. The van der Waals surface area contributed by atoms with E-state index in [0.717, 1.165) is 6.07 Å². The fourth-order valence-electron chi connectivity index (χ4n) is 3.20. The number of hydrogen-bond donors (Lipinski definition) is 2. The Morgan fingerprint density at radius 1 is 1.12 bits per heavy atom. The summed E-state index contributed by atoms with van der Waals surface area (Å²) in [5, 5.41) is 5.01. The summed E-state index contributed by atoms with van der Waals surface area (Å²) in [7, 11) is -3.67. The molecule has 1 amide bonds. The fraction of sp³-hybridized carbons (Fsp3) is 0.381. The molecule has 0 aromatic heterocycles. The molecule has 1 aliphatic rings. The van der Waals surface area contributed by atoms with Crippen molar-refractivity contribution in [2.24, 2.45) is 0 Å². The van der Waals surface area contributed by atoms with Gasteiger partial charge in [0.25, 0.3) is 0 Å². The molecule has 0 bridgehead atoms. The molecule has 33 heavy (non-hydrogen) atoms. The number of alkyl halides is 3. The minimum atomic E-state index is -4.63. The van der Waals surface area contributed by atoms with Gasteiger partial charge in [-0.05, 0) is 49.4 Å². The minimum Gasteiger partial charge on any atom is -0.494 e. The lowest BCUT2D eigenvalue weighted by molar-refractivity contribution is -0.137. The molecular formula is C21H24F3N3O5S. The van der Waals surface area contributed by atoms with Crippen molar-refractivity contribution < 1.29 is 35.9 Å². The van der Waals surface area contributed by atoms with Crippen LogP contribution in [-0.4, -0.2) is 58.1 Å². The summed E-state index contributed by atoms with van der Waals surface area (Å²) < 4.78 is 76.9. The number of anilines is 2. The summed E-state index contributed by atoms with van der Waals surface area (Å²) in [6.07, 6.45) is -4.63. The van der Waals surface area contributed by atoms with Crippen molar-refractivity contribution in [3.63, 3.8) is 0 Å². The van der Waals surface area contributed by atoms with Gasteiger partial charge < -0.3 is 20.1 Å². The lowest BCUT2D eigenvalue weighted by Crippen LogP contribution is -2.40. The van der Waals surface area contributed by atoms with Crippen LogP contribution in [0.4, 0.5) is 24.5 Å². The molecule has 1 saturated heterocycles. The second-order valence-corrected chi connectivity index (χ2v) is 9.02. The summed E-state index contributed by atoms with van der Waals surface area (Å²) in [5.41, 5.74) is -0.891. The predicted octanol–water partition coefficient (Wildman–Crippen LogP) is 3.18. The largest absolute Gasteiger partial charge is 0.494 e. The highest BCUT2D eigenvalue weighted by atomic mass is 32.2. The van der Waals surface area contributed by atoms with E-state index in [0.29, 0.717) is 18.9 Å². The second-order valence-electron chi connectivity index (χ2n) is 7.08. The number of rotatable bonds is 8. The molecule has 0 aliphatic carbocycles. The molecule has 8 nitrogen and oxygen atoms in total. The lowest BCUT2D eigenvalue weighted by atomic mass is 10.1. The van der Waals surface area contributed by atoms with Gasteiger partial charge in [0.05, 0.1) is 36.8 Å². The summed E-state index contributed by atoms with van der Waals surface area (Å²) in [6.45, 7) is 2.63. The third kappa shape index (κ3) is 6.36. The van der Waals surface area contributed by atoms with Crippen LogP contribution in [0.2, 0.25) is 0 Å². The molecule has 2 aromatic rings. The molecule has 1 heterocycles. The topological polar surface area (TPSA) is 97.0 Å². The highest BCUT2D eigenvalue weighted by Gasteiger charge is 2.34. The van der Waals surface area contributed by atoms with E-state index in [9.17, 15) is 26.4 Å². The maximum absolute atomic E-state index is 13.4. The van der Waals surface area contributed by atoms with Crippen LogP contribution in [0.5, 0.6) is 5.75 Å². The van der Waals surface area contributed by atoms with Gasteiger partial charge in [-0.2, -0.15) is 17.5 Å². The first kappa shape index (κ1) is 24.8. The predicted molar refractivity (Wildman–Crippen MR) is 116 cm³/mol. The first-order chi connectivity index (χ1) is 15.6. The number of morpholine rings is 1. The number of sulfonamides is 1. The SMILES string of the molecule is CCOc1ccc(NCC(=O)Nc2ccc(S(=O)(=O)N3CCOCC3)cc2)c(C(F)(F)F)c1. The number of benzene rings is 2. The van der Waals surface area contributed by atoms with Gasteiger partial charge in [-0.25, -0.2) is 8.42 Å². The van der Waals surface area contributed by atoms with Crippen LogP contribution >= 0.6 is 0 Å². The van der Waals surface area contributed by atoms with Crippen LogP contribution in [0.3, 0.4) is 0 Å². The van der Waals surface area contributed by atoms with Crippen LogP contribution in [-0.2, 0) is 25.7 Å². The fourth-order valence-corrected chi connectivity index (χ4v) is 4.60. The lowest BCUT2D eigenvalue weighted by Gasteiger charge is -2.26. The van der Waals surface area contributed by atoms with E-state index in [1.165, 1.54) is 40.7 Å². The van der Waals surface area contributed by atoms with Gasteiger partial charge in [0, 0.05) is 24.5 Å². The summed E-state index contributed by atoms with van der Waals surface area (Å²) in [4.78, 5) is 12.3. The summed E-state index contributed by atoms with van der Waals surface area (Å²) >= 11 is 0. The average molecular weight is 488 g/mol. The van der Waals surface area contributed by atoms with Crippen molar-refractivity contribution >= 4 is 27.3 Å². The van der Waals surface area contributed by atoms with Gasteiger partial charge in [0.1, 0.15) is 5.75 Å². The third-order valence-corrected chi connectivity index (χ3v) is 6.71. The molecule has 3 rings (SSSR count). The Labute approximate surface area is 189 Å². The molecule has 2 aromatic carbocycles. The third-order valence-electron chi connectivity index (χ3n) is 4.79. The first-order valence-electron chi connectivity index (χ1n) is 10.2. The minimum absolute atomic E-state index is 0.0738. The molecule has 1 fully saturated rings. The van der Waals surface area contributed by atoms with Crippen molar-refractivity contribution in [1.29, 1.82) is 0 Å². The molecule has 0 atom stereocenters. The average Bonchev–Trinajstić information content (AvgIpc) is 2.79. The molecule has 0 saturated carbocycles. The van der Waals surface area contributed by atoms with E-state index in [1.807, 2.05) is 0 Å². The Bertz CT molecular complexity index is 1070. The second kappa shape index (κ2) is 10.4. The van der Waals surface area contributed by atoms with Crippen molar-refractivity contribution in [2.45, 2.75) is 18.0 Å². The molecular weight excluding hydrogens is 463 g/mol. The van der Waals surface area contributed by atoms with E-state index < -0.39 is 34.2 Å². The Morgan fingerprint density at radius 2 is 1.79 bits per heavy atom. The number of ether oxygens (including phenoxy) is 2. The number of nitrogens with one attached hydrogen (secondary N) is 2. The van der Waals surface area contributed by atoms with Crippen LogP contribution in [0.15, 0.2) is 47.4 Å². The Kier molecular flexibility index (Phi) is 7.82. The number of amides is 1. The molecule has 180 valence electrons. The maximum Gasteiger partial charge on any atom is 0.418 e. The Morgan fingerprint density at radius 3 is 2.39 bits per heavy atom. The number of carbonyl (C=O) groups is 1. The Balaban J connectivity index is 1.62. The summed E-state index contributed by atoms with van der Waals surface area (Å²) in [6, 6.07) is 9.02. The van der Waals surface area contributed by atoms with E-state index in [-0.39, 0.29) is 36.0 Å². The van der Waals surface area contributed by atoms with Crippen molar-refractivity contribution in [3.05, 3.63) is 48.0 Å². The van der Waals surface area contributed by atoms with Gasteiger partial charge in [-0.15, -0.1) is 0 Å². The van der Waals surface area contributed by atoms with Crippen molar-refractivity contribution in [2.75, 3.05) is 50.1 Å². The quantitative estimate of drug-likeness (QED) is 0.594. The van der Waals surface area contributed by atoms with Crippen LogP contribution in [0, 0.1) is 0 Å². The van der Waals surface area contributed by atoms with Gasteiger partial charge >= 0.3 is 6.18 Å². The highest BCUT2D eigenvalue weighted by molar-refractivity contribution is 7.89. The monoisotopic (exact) mass is 487 g/mol. The molecule has 2 N–H and O–H groups in total. The van der Waals surface area contributed by atoms with Gasteiger partial charge in [0.2, 0.25) is 15.9 Å². The molecule has 0 spiro atoms. The first-order valence-corrected chi connectivity index (χ1v) is 11.6. The van der Waals surface area contributed by atoms with Crippen LogP contribution in [0.25, 0.3) is 0 Å². The molecule has 12 heteroatoms. The van der Waals surface area contributed by atoms with E-state index in [2.05, 4.69) is 10.6 Å². The van der Waals surface area contributed by atoms with Crippen LogP contribution < -0.4 is 15.4 Å². The summed E-state index contributed by atoms with van der Waals surface area (Å²) in [5.74, 6) is -0.521. The van der Waals surface area contributed by atoms with Gasteiger partial charge in [0.15, 0.2) is 0 Å². The maximum atomic E-state index is 13.4. The van der Waals surface area contributed by atoms with Gasteiger partial charge in [-0.3, -0.25) is 4.79 Å². The number of halogens is 3. The number of nitrogens with zero attached hydrogens (tertiary/aromatic N) is 1. The standard InChI is InChI=1S/C21H24F3N3O5S/c1-2-32-16-5-8-19(18(13-16)21(22,23)24)25-14-20(28)26-15-3-6-17(7-4-15)33(29,30)27-9-11-31-12-10-27/h3-8,13,25H,2,9-12,14H2,1H3,(H,26,28). The van der Waals surface area contributed by atoms with E-state index in [4.69, 9.17) is 9.47 Å². The number of carbonyl (C=O) groups excluding carboxylic acids is 1. The normalized spacial score (nSPS) is 15.2. The molecule has 0 radical (unpaired) electrons. The smallest absolute Gasteiger partial charge is 0.418 e. The van der Waals surface area contributed by atoms with E-state index in [1.54, 1.807) is 6.92 Å². The highest BCUT2D eigenvalue weighted by Crippen LogP contribution is 2.37. The number of hydrogen-bond acceptors (Lipinski definition) is 6. The Hall–Kier alpha value is -2.83. The van der Waals surface area contributed by atoms with Crippen molar-refractivity contribution in [3.8, 4) is 5.75 Å². The zero-order valence-electron chi connectivity index (χ0n) is 17.8. The molecule has 0 unspecified atom stereocenters. The van der Waals surface area contributed by atoms with E-state index >= 15 is 0 Å². The van der Waals surface area contributed by atoms with Crippen LogP contribution in [0.1, 0.15) is 12.5 Å². The zero-order chi connectivity index (χ0) is 24.1.